The Morgan fingerprint density at radius 3 is 1.15 bits per heavy atom. The summed E-state index contributed by atoms with van der Waals surface area (Å²) in [5, 5.41) is 120. The molecule has 0 saturated carbocycles. The molecule has 0 aliphatic carbocycles. The van der Waals surface area contributed by atoms with Crippen molar-refractivity contribution >= 4 is 5.91 Å². The number of rotatable bonds is 54. The monoisotopic (exact) mass is 1250 g/mol. The highest BCUT2D eigenvalue weighted by Gasteiger charge is 2.53. The van der Waals surface area contributed by atoms with Gasteiger partial charge in [0, 0.05) is 6.42 Å². The summed E-state index contributed by atoms with van der Waals surface area (Å²) < 4.78 is 34.3. The summed E-state index contributed by atoms with van der Waals surface area (Å²) >= 11 is 0. The highest BCUT2D eigenvalue weighted by Crippen LogP contribution is 2.33. The van der Waals surface area contributed by atoms with E-state index in [1.165, 1.54) is 199 Å². The van der Waals surface area contributed by atoms with Crippen molar-refractivity contribution in [1.29, 1.82) is 0 Å². The van der Waals surface area contributed by atoms with E-state index in [2.05, 4.69) is 31.3 Å². The topological polar surface area (TPSA) is 307 Å². The fourth-order valence-electron chi connectivity index (χ4n) is 12.0. The lowest BCUT2D eigenvalue weighted by Crippen LogP contribution is -2.66. The van der Waals surface area contributed by atoms with Crippen molar-refractivity contribution in [2.24, 2.45) is 0 Å². The van der Waals surface area contributed by atoms with E-state index in [0.29, 0.717) is 12.8 Å². The van der Waals surface area contributed by atoms with Gasteiger partial charge >= 0.3 is 0 Å². The van der Waals surface area contributed by atoms with Crippen LogP contribution in [0.3, 0.4) is 0 Å². The van der Waals surface area contributed by atoms with Gasteiger partial charge in [0.05, 0.1) is 38.6 Å². The third kappa shape index (κ3) is 33.1. The predicted octanol–water partition coefficient (Wildman–Crippen LogP) is 9.05. The predicted molar refractivity (Wildman–Crippen MR) is 337 cm³/mol. The molecule has 19 nitrogen and oxygen atoms in total. The fourth-order valence-corrected chi connectivity index (χ4v) is 12.0. The Morgan fingerprint density at radius 2 is 0.736 bits per heavy atom. The van der Waals surface area contributed by atoms with Crippen LogP contribution in [0.1, 0.15) is 271 Å². The fraction of sp³-hybridized carbons (Fsp3) is 0.926. The first-order chi connectivity index (χ1) is 42.3. The van der Waals surface area contributed by atoms with Crippen LogP contribution in [0.15, 0.2) is 24.3 Å². The van der Waals surface area contributed by atoms with Crippen LogP contribution in [0.2, 0.25) is 0 Å². The smallest absolute Gasteiger partial charge is 0.220 e. The zero-order valence-electron chi connectivity index (χ0n) is 54.0. The van der Waals surface area contributed by atoms with E-state index in [-0.39, 0.29) is 18.9 Å². The molecule has 0 bridgehead atoms. The molecule has 0 aromatic carbocycles. The van der Waals surface area contributed by atoms with Gasteiger partial charge in [-0.1, -0.05) is 256 Å². The molecule has 512 valence electrons. The van der Waals surface area contributed by atoms with Crippen molar-refractivity contribution < 1.29 is 89.4 Å². The highest BCUT2D eigenvalue weighted by atomic mass is 16.8. The van der Waals surface area contributed by atoms with Crippen molar-refractivity contribution in [2.45, 2.75) is 375 Å². The number of aliphatic hydroxyl groups excluding tert-OH is 11. The van der Waals surface area contributed by atoms with Crippen LogP contribution in [-0.4, -0.2) is 193 Å². The minimum atomic E-state index is -1.98. The molecule has 0 radical (unpaired) electrons. The zero-order chi connectivity index (χ0) is 63.3. The molecule has 3 fully saturated rings. The average Bonchev–Trinajstić information content (AvgIpc) is 3.67. The van der Waals surface area contributed by atoms with Crippen LogP contribution in [-0.2, 0) is 33.2 Å². The van der Waals surface area contributed by atoms with Crippen molar-refractivity contribution in [3.05, 3.63) is 24.3 Å². The quantitative estimate of drug-likeness (QED) is 0.0200. The van der Waals surface area contributed by atoms with Gasteiger partial charge in [-0.2, -0.15) is 0 Å². The number of nitrogens with one attached hydrogen (secondary N) is 1. The molecule has 0 spiro atoms. The number of allylic oxidation sites excluding steroid dienone is 3. The molecule has 3 aliphatic rings. The van der Waals surface area contributed by atoms with E-state index >= 15 is 0 Å². The first kappa shape index (κ1) is 79.5. The largest absolute Gasteiger partial charge is 0.394 e. The van der Waals surface area contributed by atoms with Crippen LogP contribution in [0.5, 0.6) is 0 Å². The molecule has 3 rings (SSSR count). The maximum Gasteiger partial charge on any atom is 0.220 e. The minimum Gasteiger partial charge on any atom is -0.394 e. The number of aliphatic hydroxyl groups is 11. The molecule has 0 aromatic heterocycles. The number of ether oxygens (including phenoxy) is 6. The molecular formula is C68H127NO18. The lowest BCUT2D eigenvalue weighted by atomic mass is 9.96. The summed E-state index contributed by atoms with van der Waals surface area (Å²) in [6, 6.07) is -0.985. The Kier molecular flexibility index (Phi) is 46.4. The Labute approximate surface area is 524 Å². The number of carbonyl (C=O) groups is 1. The van der Waals surface area contributed by atoms with E-state index < -0.39 is 124 Å². The molecule has 12 N–H and O–H groups in total. The van der Waals surface area contributed by atoms with Crippen LogP contribution < -0.4 is 5.32 Å². The average molecular weight is 1250 g/mol. The Hall–Kier alpha value is -1.73. The van der Waals surface area contributed by atoms with E-state index in [0.717, 1.165) is 38.5 Å². The molecule has 1 amide bonds. The van der Waals surface area contributed by atoms with Gasteiger partial charge < -0.3 is 89.9 Å². The van der Waals surface area contributed by atoms with Gasteiger partial charge in [-0.05, 0) is 32.1 Å². The molecule has 87 heavy (non-hydrogen) atoms. The summed E-state index contributed by atoms with van der Waals surface area (Å²) in [6.45, 7) is 1.72. The zero-order valence-corrected chi connectivity index (χ0v) is 54.0. The van der Waals surface area contributed by atoms with E-state index in [4.69, 9.17) is 28.4 Å². The summed E-state index contributed by atoms with van der Waals surface area (Å²) in [6.07, 6.45) is 30.5. The van der Waals surface area contributed by atoms with Gasteiger partial charge in [0.25, 0.3) is 0 Å². The van der Waals surface area contributed by atoms with Crippen LogP contribution >= 0.6 is 0 Å². The standard InChI is InChI=1S/C68H127NO18/c1-3-5-7-9-11-13-15-16-17-18-19-20-21-22-23-24-25-26-27-28-29-30-31-32-33-34-36-37-39-41-43-45-52(73)51(69-56(74)46-44-42-40-38-35-14-12-10-8-6-4-2)50-82-66-62(80)59(77)64(54(48-71)84-66)87-68-63(81)60(78)65(55(49-72)85-68)86-67-61(79)58(76)57(75)53(47-70)83-67/h36-37,43,45,51-55,57-68,70-73,75-81H,3-35,38-42,44,46-50H2,1-2H3,(H,69,74)/b37-36+,45-43+. The molecule has 17 atom stereocenters. The van der Waals surface area contributed by atoms with E-state index in [1.807, 2.05) is 6.08 Å². The van der Waals surface area contributed by atoms with Crippen LogP contribution in [0, 0.1) is 0 Å². The molecule has 3 aliphatic heterocycles. The van der Waals surface area contributed by atoms with E-state index in [1.54, 1.807) is 6.08 Å². The summed E-state index contributed by atoms with van der Waals surface area (Å²) in [4.78, 5) is 13.3. The van der Waals surface area contributed by atoms with Crippen LogP contribution in [0.25, 0.3) is 0 Å². The second kappa shape index (κ2) is 50.8. The third-order valence-corrected chi connectivity index (χ3v) is 17.8. The maximum atomic E-state index is 13.3. The molecule has 3 heterocycles. The summed E-state index contributed by atoms with van der Waals surface area (Å²) in [5.74, 6) is -0.284. The van der Waals surface area contributed by atoms with Crippen LogP contribution in [0.4, 0.5) is 0 Å². The molecule has 19 heteroatoms. The first-order valence-electron chi connectivity index (χ1n) is 35.1. The number of hydrogen-bond acceptors (Lipinski definition) is 18. The van der Waals surface area contributed by atoms with Crippen molar-refractivity contribution in [2.75, 3.05) is 26.4 Å². The van der Waals surface area contributed by atoms with Gasteiger partial charge in [-0.3, -0.25) is 4.79 Å². The van der Waals surface area contributed by atoms with Gasteiger partial charge in [0.1, 0.15) is 73.2 Å². The number of unbranched alkanes of at least 4 members (excludes halogenated alkanes) is 36. The van der Waals surface area contributed by atoms with Gasteiger partial charge in [-0.15, -0.1) is 0 Å². The normalized spacial score (nSPS) is 28.7. The Balaban J connectivity index is 1.38. The third-order valence-electron chi connectivity index (χ3n) is 17.8. The van der Waals surface area contributed by atoms with Crippen molar-refractivity contribution in [3.63, 3.8) is 0 Å². The summed E-state index contributed by atoms with van der Waals surface area (Å²) in [5.41, 5.74) is 0. The molecular weight excluding hydrogens is 1120 g/mol. The van der Waals surface area contributed by atoms with E-state index in [9.17, 15) is 61.0 Å². The summed E-state index contributed by atoms with van der Waals surface area (Å²) in [7, 11) is 0. The number of hydrogen-bond donors (Lipinski definition) is 12. The van der Waals surface area contributed by atoms with Gasteiger partial charge in [-0.25, -0.2) is 0 Å². The second-order valence-electron chi connectivity index (χ2n) is 25.3. The number of carbonyl (C=O) groups excluding carboxylic acids is 1. The Bertz CT molecular complexity index is 1680. The first-order valence-corrected chi connectivity index (χ1v) is 35.1. The second-order valence-corrected chi connectivity index (χ2v) is 25.3. The lowest BCUT2D eigenvalue weighted by molar-refractivity contribution is -0.379. The Morgan fingerprint density at radius 1 is 0.402 bits per heavy atom. The van der Waals surface area contributed by atoms with Gasteiger partial charge in [0.2, 0.25) is 5.91 Å². The van der Waals surface area contributed by atoms with Gasteiger partial charge in [0.15, 0.2) is 18.9 Å². The van der Waals surface area contributed by atoms with Crippen molar-refractivity contribution in [3.8, 4) is 0 Å². The SMILES string of the molecule is CCCCCCCCCCCCCCCCCCCCCCCCCCC/C=C/CC/C=C/C(O)C(COC1OC(CO)C(OC2OC(CO)C(OC3OC(CO)C(O)C(O)C3O)C(O)C2O)C(O)C1O)NC(=O)CCCCCCCCCCCCC. The molecule has 0 aromatic rings. The maximum absolute atomic E-state index is 13.3. The van der Waals surface area contributed by atoms with Crippen molar-refractivity contribution in [1.82, 2.24) is 5.32 Å². The highest BCUT2D eigenvalue weighted by molar-refractivity contribution is 5.76. The number of amides is 1. The lowest BCUT2D eigenvalue weighted by Gasteiger charge is -2.48. The molecule has 17 unspecified atom stereocenters. The minimum absolute atomic E-state index is 0.239. The molecule has 3 saturated heterocycles.